The average molecular weight is 385 g/mol. The third kappa shape index (κ3) is 3.30. The normalized spacial score (nSPS) is 17.4. The molecule has 3 heterocycles. The molecule has 3 aromatic rings. The first kappa shape index (κ1) is 17.9. The third-order valence-electron chi connectivity index (χ3n) is 5.24. The molecule has 142 valence electrons. The number of carbonyl (C=O) groups excluding carboxylic acids is 1. The molecule has 0 aliphatic carbocycles. The molecule has 1 aliphatic heterocycles. The molecule has 0 bridgehead atoms. The van der Waals surface area contributed by atoms with Crippen molar-refractivity contribution in [3.63, 3.8) is 0 Å². The van der Waals surface area contributed by atoms with Crippen LogP contribution in [0.25, 0.3) is 4.96 Å². The van der Waals surface area contributed by atoms with Crippen LogP contribution in [-0.2, 0) is 4.79 Å². The molecule has 7 nitrogen and oxygen atoms in total. The van der Waals surface area contributed by atoms with E-state index >= 15 is 0 Å². The number of hydrogen-bond acceptors (Lipinski definition) is 6. The van der Waals surface area contributed by atoms with Crippen molar-refractivity contribution < 1.29 is 9.90 Å². The van der Waals surface area contributed by atoms with Gasteiger partial charge < -0.3 is 10.8 Å². The number of rotatable bonds is 4. The van der Waals surface area contributed by atoms with E-state index in [9.17, 15) is 9.90 Å². The number of aryl methyl sites for hydroxylation is 2. The van der Waals surface area contributed by atoms with Crippen LogP contribution in [0.2, 0.25) is 0 Å². The molecule has 0 spiro atoms. The summed E-state index contributed by atoms with van der Waals surface area (Å²) >= 11 is 1.46. The van der Waals surface area contributed by atoms with E-state index in [1.54, 1.807) is 0 Å². The van der Waals surface area contributed by atoms with Gasteiger partial charge in [0, 0.05) is 5.92 Å². The third-order valence-corrected chi connectivity index (χ3v) is 6.32. The number of nitrogens with zero attached hydrogens (tertiary/aromatic N) is 4. The summed E-state index contributed by atoms with van der Waals surface area (Å²) in [4.78, 5) is 19.7. The van der Waals surface area contributed by atoms with Crippen molar-refractivity contribution in [1.29, 1.82) is 0 Å². The van der Waals surface area contributed by atoms with Crippen LogP contribution in [0.3, 0.4) is 0 Å². The van der Waals surface area contributed by atoms with Crippen LogP contribution in [0, 0.1) is 19.8 Å². The highest BCUT2D eigenvalue weighted by molar-refractivity contribution is 7.17. The number of thiazole rings is 1. The van der Waals surface area contributed by atoms with Gasteiger partial charge in [0.05, 0.1) is 10.9 Å². The summed E-state index contributed by atoms with van der Waals surface area (Å²) < 4.78 is 1.51. The minimum atomic E-state index is -0.223. The van der Waals surface area contributed by atoms with Gasteiger partial charge in [0.1, 0.15) is 5.82 Å². The van der Waals surface area contributed by atoms with Crippen molar-refractivity contribution in [3.05, 3.63) is 46.1 Å². The van der Waals surface area contributed by atoms with Gasteiger partial charge in [0.25, 0.3) is 0 Å². The molecule has 27 heavy (non-hydrogen) atoms. The van der Waals surface area contributed by atoms with Gasteiger partial charge in [-0.15, -0.1) is 5.10 Å². The summed E-state index contributed by atoms with van der Waals surface area (Å²) in [5.74, 6) is 0.479. The second-order valence-electron chi connectivity index (χ2n) is 7.17. The molecule has 1 saturated heterocycles. The Balaban J connectivity index is 1.74. The number of likely N-dealkylation sites (tertiary alicyclic amines) is 1. The zero-order valence-electron chi connectivity index (χ0n) is 15.4. The minimum Gasteiger partial charge on any atom is -0.492 e. The van der Waals surface area contributed by atoms with Gasteiger partial charge in [0.15, 0.2) is 0 Å². The number of aromatic nitrogens is 3. The fourth-order valence-electron chi connectivity index (χ4n) is 3.75. The summed E-state index contributed by atoms with van der Waals surface area (Å²) in [7, 11) is 0. The molecule has 1 aromatic carbocycles. The maximum Gasteiger partial charge on any atom is 0.230 e. The second-order valence-corrected chi connectivity index (χ2v) is 8.18. The minimum absolute atomic E-state index is 0.0709. The first-order valence-corrected chi connectivity index (χ1v) is 9.90. The van der Waals surface area contributed by atoms with Crippen LogP contribution in [-0.4, -0.2) is 43.6 Å². The van der Waals surface area contributed by atoms with Crippen LogP contribution >= 0.6 is 11.3 Å². The van der Waals surface area contributed by atoms with Crippen molar-refractivity contribution in [2.45, 2.75) is 32.7 Å². The molecule has 1 atom stereocenters. The summed E-state index contributed by atoms with van der Waals surface area (Å²) in [6.45, 7) is 5.36. The molecule has 0 saturated carbocycles. The van der Waals surface area contributed by atoms with Gasteiger partial charge >= 0.3 is 0 Å². The van der Waals surface area contributed by atoms with E-state index in [2.05, 4.69) is 46.2 Å². The Morgan fingerprint density at radius 1 is 1.26 bits per heavy atom. The number of piperidine rings is 1. The largest absolute Gasteiger partial charge is 0.492 e. The number of fused-ring (bicyclic) bond motifs is 1. The predicted molar refractivity (Wildman–Crippen MR) is 104 cm³/mol. The Bertz CT molecular complexity index is 970. The number of primary amides is 1. The number of carbonyl (C=O) groups is 1. The van der Waals surface area contributed by atoms with Crippen LogP contribution in [0.5, 0.6) is 5.88 Å². The molecule has 2 aromatic heterocycles. The monoisotopic (exact) mass is 385 g/mol. The summed E-state index contributed by atoms with van der Waals surface area (Å²) in [5, 5.41) is 15.1. The van der Waals surface area contributed by atoms with E-state index in [1.165, 1.54) is 21.4 Å². The van der Waals surface area contributed by atoms with E-state index in [0.29, 0.717) is 10.8 Å². The van der Waals surface area contributed by atoms with Crippen LogP contribution in [0.15, 0.2) is 24.3 Å². The number of nitrogens with two attached hydrogens (primary N) is 1. The lowest BCUT2D eigenvalue weighted by molar-refractivity contribution is -0.123. The smallest absolute Gasteiger partial charge is 0.230 e. The molecule has 1 aliphatic rings. The molecule has 8 heteroatoms. The maximum atomic E-state index is 11.5. The number of amides is 1. The van der Waals surface area contributed by atoms with Crippen LogP contribution in [0.1, 0.15) is 40.7 Å². The average Bonchev–Trinajstić information content (AvgIpc) is 3.15. The molecule has 3 N–H and O–H groups in total. The number of benzene rings is 1. The summed E-state index contributed by atoms with van der Waals surface area (Å²) in [6, 6.07) is 8.25. The molecule has 1 amide bonds. The van der Waals surface area contributed by atoms with Gasteiger partial charge in [-0.1, -0.05) is 41.2 Å². The van der Waals surface area contributed by atoms with Gasteiger partial charge in [0.2, 0.25) is 16.7 Å². The first-order chi connectivity index (χ1) is 12.9. The highest BCUT2D eigenvalue weighted by atomic mass is 32.1. The van der Waals surface area contributed by atoms with E-state index in [0.717, 1.165) is 36.4 Å². The lowest BCUT2D eigenvalue weighted by atomic mass is 9.93. The lowest BCUT2D eigenvalue weighted by Gasteiger charge is -2.36. The zero-order valence-corrected chi connectivity index (χ0v) is 16.2. The van der Waals surface area contributed by atoms with Crippen molar-refractivity contribution >= 4 is 22.2 Å². The van der Waals surface area contributed by atoms with Crippen molar-refractivity contribution in [3.8, 4) is 5.88 Å². The molecule has 1 unspecified atom stereocenters. The van der Waals surface area contributed by atoms with Crippen LogP contribution in [0.4, 0.5) is 0 Å². The van der Waals surface area contributed by atoms with Crippen LogP contribution < -0.4 is 5.73 Å². The maximum absolute atomic E-state index is 11.5. The molecular formula is C19H23N5O2S. The molecular weight excluding hydrogens is 362 g/mol. The number of hydrogen-bond donors (Lipinski definition) is 2. The van der Waals surface area contributed by atoms with Gasteiger partial charge in [-0.3, -0.25) is 9.69 Å². The van der Waals surface area contributed by atoms with E-state index in [4.69, 9.17) is 5.73 Å². The number of aromatic hydroxyl groups is 1. The van der Waals surface area contributed by atoms with Gasteiger partial charge in [-0.25, -0.2) is 4.98 Å². The Hall–Kier alpha value is -2.45. The molecule has 4 rings (SSSR count). The Labute approximate surface area is 161 Å². The van der Waals surface area contributed by atoms with E-state index in [1.807, 2.05) is 6.92 Å². The van der Waals surface area contributed by atoms with Crippen molar-refractivity contribution in [1.82, 2.24) is 19.5 Å². The Morgan fingerprint density at radius 2 is 1.93 bits per heavy atom. The highest BCUT2D eigenvalue weighted by Gasteiger charge is 2.33. The predicted octanol–water partition coefficient (Wildman–Crippen LogP) is 2.40. The SMILES string of the molecule is Cc1ccc(C(c2sc3nc(C)nn3c2O)N2CCC(C(N)=O)CC2)cc1. The first-order valence-electron chi connectivity index (χ1n) is 9.09. The Morgan fingerprint density at radius 3 is 2.52 bits per heavy atom. The fourth-order valence-corrected chi connectivity index (χ4v) is 4.91. The zero-order chi connectivity index (χ0) is 19.1. The van der Waals surface area contributed by atoms with Crippen molar-refractivity contribution in [2.75, 3.05) is 13.1 Å². The van der Waals surface area contributed by atoms with E-state index < -0.39 is 0 Å². The summed E-state index contributed by atoms with van der Waals surface area (Å²) in [5.41, 5.74) is 7.78. The lowest BCUT2D eigenvalue weighted by Crippen LogP contribution is -2.40. The quantitative estimate of drug-likeness (QED) is 0.719. The van der Waals surface area contributed by atoms with Gasteiger partial charge in [-0.2, -0.15) is 4.52 Å². The fraction of sp³-hybridized carbons (Fsp3) is 0.421. The highest BCUT2D eigenvalue weighted by Crippen LogP contribution is 2.41. The molecule has 0 radical (unpaired) electrons. The molecule has 1 fully saturated rings. The topological polar surface area (TPSA) is 96.8 Å². The van der Waals surface area contributed by atoms with E-state index in [-0.39, 0.29) is 23.7 Å². The second kappa shape index (κ2) is 6.94. The summed E-state index contributed by atoms with van der Waals surface area (Å²) in [6.07, 6.45) is 1.47. The van der Waals surface area contributed by atoms with Gasteiger partial charge in [-0.05, 0) is 45.3 Å². The van der Waals surface area contributed by atoms with Crippen molar-refractivity contribution in [2.24, 2.45) is 11.7 Å². The standard InChI is InChI=1S/C19H23N5O2S/c1-11-3-5-13(6-4-11)15(23-9-7-14(8-10-23)17(20)25)16-18(26)24-19(27-16)21-12(2)22-24/h3-6,14-15,26H,7-10H2,1-2H3,(H2,20,25). The Kier molecular flexibility index (Phi) is 4.61.